The molecule has 0 aromatic heterocycles. The summed E-state index contributed by atoms with van der Waals surface area (Å²) in [4.78, 5) is 20.3. The van der Waals surface area contributed by atoms with Crippen molar-refractivity contribution in [2.45, 2.75) is 17.8 Å². The Bertz CT molecular complexity index is 289. The van der Waals surface area contributed by atoms with Crippen molar-refractivity contribution in [3.63, 3.8) is 0 Å². The van der Waals surface area contributed by atoms with Crippen LogP contribution >= 0.6 is 0 Å². The maximum absolute atomic E-state index is 12.3. The summed E-state index contributed by atoms with van der Waals surface area (Å²) in [5.74, 6) is -22.7. The Morgan fingerprint density at radius 1 is 0.800 bits per heavy atom. The van der Waals surface area contributed by atoms with E-state index in [0.717, 1.165) is 0 Å². The number of hydrogen-bond acceptors (Lipinski definition) is 2. The average molecular weight is 229 g/mol. The molecule has 0 aliphatic carbocycles. The molecule has 1 fully saturated rings. The van der Waals surface area contributed by atoms with E-state index in [0.29, 0.717) is 5.32 Å². The molecule has 0 aromatic rings. The number of rotatable bonds is 0. The van der Waals surface area contributed by atoms with Gasteiger partial charge in [-0.2, -0.15) is 26.3 Å². The van der Waals surface area contributed by atoms with E-state index in [1.807, 2.05) is 0 Å². The Morgan fingerprint density at radius 3 is 1.33 bits per heavy atom. The Balaban J connectivity index is 0.00000196. The molecule has 1 heterocycles. The second-order valence-electron chi connectivity index (χ2n) is 2.51. The van der Waals surface area contributed by atoms with E-state index in [2.05, 4.69) is 0 Å². The van der Waals surface area contributed by atoms with Crippen LogP contribution in [-0.4, -0.2) is 48.4 Å². The number of halogens is 6. The van der Waals surface area contributed by atoms with E-state index in [-0.39, 0.29) is 18.9 Å². The monoisotopic (exact) mass is 229 g/mol. The molecule has 82 valence electrons. The zero-order valence-electron chi connectivity index (χ0n) is 6.08. The van der Waals surface area contributed by atoms with Crippen LogP contribution in [0.2, 0.25) is 0 Å². The van der Waals surface area contributed by atoms with Gasteiger partial charge in [-0.15, -0.1) is 0 Å². The minimum atomic E-state index is -6.01. The molecule has 0 aromatic carbocycles. The fourth-order valence-corrected chi connectivity index (χ4v) is 0.742. The molecular formula is C5H2F6LiNO2. The Labute approximate surface area is 90.4 Å². The fraction of sp³-hybridized carbons (Fsp3) is 0.600. The number of amides is 2. The van der Waals surface area contributed by atoms with Gasteiger partial charge in [0.2, 0.25) is 0 Å². The molecule has 10 heteroatoms. The molecule has 1 aliphatic heterocycles. The number of piperidine rings is 1. The van der Waals surface area contributed by atoms with Gasteiger partial charge >= 0.3 is 48.4 Å². The van der Waals surface area contributed by atoms with Crippen LogP contribution in [0, 0.1) is 0 Å². The number of hydrogen-bond donors (Lipinski definition) is 1. The standard InChI is InChI=1S/C5HF6NO2.Li.H/c6-3(7)1(13)12-2(14)4(8,9)5(3,10)11;;/h(H,12,13,14);;. The van der Waals surface area contributed by atoms with Gasteiger partial charge in [0, 0.05) is 0 Å². The van der Waals surface area contributed by atoms with Crippen molar-refractivity contribution in [2.24, 2.45) is 0 Å². The van der Waals surface area contributed by atoms with Gasteiger partial charge in [0.05, 0.1) is 0 Å². The molecule has 3 nitrogen and oxygen atoms in total. The number of carbonyl (C=O) groups is 2. The summed E-state index contributed by atoms with van der Waals surface area (Å²) in [5, 5.41) is 0.458. The Kier molecular flexibility index (Phi) is 3.26. The zero-order valence-corrected chi connectivity index (χ0v) is 6.08. The topological polar surface area (TPSA) is 46.2 Å². The van der Waals surface area contributed by atoms with Crippen molar-refractivity contribution in [3.8, 4) is 0 Å². The second-order valence-corrected chi connectivity index (χ2v) is 2.51. The Morgan fingerprint density at radius 2 is 1.07 bits per heavy atom. The van der Waals surface area contributed by atoms with E-state index in [1.54, 1.807) is 0 Å². The first-order chi connectivity index (χ1) is 6.05. The van der Waals surface area contributed by atoms with Gasteiger partial charge in [0.15, 0.2) is 0 Å². The molecule has 1 rings (SSSR count). The van der Waals surface area contributed by atoms with E-state index in [9.17, 15) is 35.9 Å². The quantitative estimate of drug-likeness (QED) is 0.358. The van der Waals surface area contributed by atoms with E-state index < -0.39 is 29.6 Å². The average Bonchev–Trinajstić information content (AvgIpc) is 2.01. The third-order valence-corrected chi connectivity index (χ3v) is 1.59. The van der Waals surface area contributed by atoms with Gasteiger partial charge in [-0.3, -0.25) is 14.9 Å². The molecule has 2 amide bonds. The molecule has 15 heavy (non-hydrogen) atoms. The molecule has 0 unspecified atom stereocenters. The molecule has 0 saturated carbocycles. The van der Waals surface area contributed by atoms with Crippen molar-refractivity contribution in [1.82, 2.24) is 5.32 Å². The van der Waals surface area contributed by atoms with Gasteiger partial charge in [-0.1, -0.05) is 0 Å². The maximum atomic E-state index is 12.3. The first-order valence-corrected chi connectivity index (χ1v) is 3.04. The summed E-state index contributed by atoms with van der Waals surface area (Å²) in [6, 6.07) is 0. The van der Waals surface area contributed by atoms with Crippen molar-refractivity contribution in [3.05, 3.63) is 0 Å². The normalized spacial score (nSPS) is 26.5. The number of imide groups is 1. The SMILES string of the molecule is O=C1NC(=O)C(F)(F)C(F)(F)C1(F)F.[LiH]. The van der Waals surface area contributed by atoms with Crippen LogP contribution < -0.4 is 5.32 Å². The van der Waals surface area contributed by atoms with Crippen LogP contribution in [0.25, 0.3) is 0 Å². The van der Waals surface area contributed by atoms with E-state index in [1.165, 1.54) is 0 Å². The van der Waals surface area contributed by atoms with Crippen molar-refractivity contribution < 1.29 is 35.9 Å². The van der Waals surface area contributed by atoms with Crippen LogP contribution in [-0.2, 0) is 9.59 Å². The first-order valence-electron chi connectivity index (χ1n) is 3.04. The number of carbonyl (C=O) groups excluding carboxylic acids is 2. The van der Waals surface area contributed by atoms with E-state index in [4.69, 9.17) is 0 Å². The second kappa shape index (κ2) is 3.42. The summed E-state index contributed by atoms with van der Waals surface area (Å²) in [6.07, 6.45) is 0. The van der Waals surface area contributed by atoms with Crippen molar-refractivity contribution in [2.75, 3.05) is 0 Å². The van der Waals surface area contributed by atoms with Crippen LogP contribution in [0.4, 0.5) is 26.3 Å². The van der Waals surface area contributed by atoms with E-state index >= 15 is 0 Å². The number of alkyl halides is 6. The fourth-order valence-electron chi connectivity index (χ4n) is 0.742. The van der Waals surface area contributed by atoms with Gasteiger partial charge < -0.3 is 0 Å². The van der Waals surface area contributed by atoms with Crippen LogP contribution in [0.1, 0.15) is 0 Å². The summed E-state index contributed by atoms with van der Waals surface area (Å²) in [7, 11) is 0. The molecule has 1 saturated heterocycles. The summed E-state index contributed by atoms with van der Waals surface area (Å²) < 4.78 is 73.6. The Hall–Kier alpha value is -0.683. The van der Waals surface area contributed by atoms with Crippen molar-refractivity contribution in [1.29, 1.82) is 0 Å². The molecule has 0 radical (unpaired) electrons. The minimum absolute atomic E-state index is 0. The predicted molar refractivity (Wildman–Crippen MR) is 35.1 cm³/mol. The molecular weight excluding hydrogens is 227 g/mol. The van der Waals surface area contributed by atoms with Gasteiger partial charge in [-0.05, 0) is 0 Å². The molecule has 1 N–H and O–H groups in total. The zero-order chi connectivity index (χ0) is 11.4. The third-order valence-electron chi connectivity index (χ3n) is 1.59. The molecule has 0 bridgehead atoms. The molecule has 0 atom stereocenters. The molecule has 1 aliphatic rings. The van der Waals surface area contributed by atoms with Crippen LogP contribution in [0.15, 0.2) is 0 Å². The third kappa shape index (κ3) is 1.54. The van der Waals surface area contributed by atoms with Crippen LogP contribution in [0.5, 0.6) is 0 Å². The summed E-state index contributed by atoms with van der Waals surface area (Å²) in [5.41, 5.74) is 0. The summed E-state index contributed by atoms with van der Waals surface area (Å²) >= 11 is 0. The predicted octanol–water partition coefficient (Wildman–Crippen LogP) is -0.0998. The summed E-state index contributed by atoms with van der Waals surface area (Å²) in [6.45, 7) is 0. The molecule has 0 spiro atoms. The van der Waals surface area contributed by atoms with Gasteiger partial charge in [0.1, 0.15) is 0 Å². The van der Waals surface area contributed by atoms with Gasteiger partial charge in [0.25, 0.3) is 0 Å². The number of nitrogens with one attached hydrogen (secondary N) is 1. The van der Waals surface area contributed by atoms with Crippen molar-refractivity contribution >= 4 is 30.7 Å². The first kappa shape index (κ1) is 14.3. The van der Waals surface area contributed by atoms with Gasteiger partial charge in [-0.25, -0.2) is 0 Å². The van der Waals surface area contributed by atoms with Crippen LogP contribution in [0.3, 0.4) is 0 Å².